The molecule has 0 amide bonds. The first-order chi connectivity index (χ1) is 4.83. The van der Waals surface area contributed by atoms with Crippen LogP contribution in [0.25, 0.3) is 0 Å². The first-order valence-electron chi connectivity index (χ1n) is 3.91. The molecule has 1 unspecified atom stereocenters. The minimum absolute atomic E-state index is 0.542. The highest BCUT2D eigenvalue weighted by atomic mass is 19.3. The third-order valence-corrected chi connectivity index (χ3v) is 2.17. The maximum absolute atomic E-state index is 12.9. The van der Waals surface area contributed by atoms with Crippen molar-refractivity contribution in [3.63, 3.8) is 0 Å². The lowest BCUT2D eigenvalue weighted by Crippen LogP contribution is -2.44. The number of halogens is 2. The molecule has 1 heterocycles. The number of alkyl halides is 2. The molecular weight excluding hydrogens is 150 g/mol. The highest BCUT2D eigenvalue weighted by Gasteiger charge is 2.46. The fraction of sp³-hybridized carbons (Fsp3) is 1.00. The van der Waals surface area contributed by atoms with Crippen LogP contribution in [-0.2, 0) is 4.74 Å². The van der Waals surface area contributed by atoms with Gasteiger partial charge in [0.1, 0.15) is 0 Å². The lowest BCUT2D eigenvalue weighted by Gasteiger charge is -2.39. The summed E-state index contributed by atoms with van der Waals surface area (Å²) >= 11 is 0. The predicted molar refractivity (Wildman–Crippen MR) is 38.5 cm³/mol. The molecule has 0 N–H and O–H groups in total. The van der Waals surface area contributed by atoms with E-state index >= 15 is 0 Å². The van der Waals surface area contributed by atoms with Gasteiger partial charge in [-0.05, 0) is 26.7 Å². The number of rotatable bonds is 0. The van der Waals surface area contributed by atoms with E-state index in [2.05, 4.69) is 4.74 Å². The van der Waals surface area contributed by atoms with E-state index in [9.17, 15) is 8.78 Å². The second kappa shape index (κ2) is 2.41. The van der Waals surface area contributed by atoms with E-state index < -0.39 is 17.6 Å². The molecule has 0 spiro atoms. The van der Waals surface area contributed by atoms with Crippen molar-refractivity contribution in [2.45, 2.75) is 45.3 Å². The molecular formula is C8H14F2O. The molecule has 1 fully saturated rings. The molecule has 1 aliphatic heterocycles. The van der Waals surface area contributed by atoms with Crippen molar-refractivity contribution in [3.05, 3.63) is 0 Å². The minimum atomic E-state index is -2.93. The zero-order valence-corrected chi connectivity index (χ0v) is 7.16. The molecule has 0 saturated carbocycles. The van der Waals surface area contributed by atoms with Crippen LogP contribution in [0.1, 0.15) is 33.6 Å². The van der Waals surface area contributed by atoms with Gasteiger partial charge >= 0.3 is 6.11 Å². The van der Waals surface area contributed by atoms with Crippen LogP contribution in [0.3, 0.4) is 0 Å². The highest BCUT2D eigenvalue weighted by Crippen LogP contribution is 2.40. The van der Waals surface area contributed by atoms with E-state index in [1.54, 1.807) is 13.8 Å². The summed E-state index contributed by atoms with van der Waals surface area (Å²) in [7, 11) is 0. The molecule has 1 nitrogen and oxygen atoms in total. The van der Waals surface area contributed by atoms with Gasteiger partial charge in [-0.2, -0.15) is 8.78 Å². The van der Waals surface area contributed by atoms with E-state index in [1.165, 1.54) is 6.92 Å². The normalized spacial score (nSPS) is 35.2. The van der Waals surface area contributed by atoms with Crippen molar-refractivity contribution < 1.29 is 13.5 Å². The van der Waals surface area contributed by atoms with Crippen molar-refractivity contribution in [2.75, 3.05) is 0 Å². The molecule has 0 aromatic heterocycles. The molecule has 1 aliphatic rings. The zero-order valence-electron chi connectivity index (χ0n) is 7.16. The van der Waals surface area contributed by atoms with Crippen LogP contribution < -0.4 is 0 Å². The van der Waals surface area contributed by atoms with Crippen molar-refractivity contribution in [2.24, 2.45) is 5.92 Å². The maximum Gasteiger partial charge on any atom is 0.358 e. The number of hydrogen-bond acceptors (Lipinski definition) is 1. The van der Waals surface area contributed by atoms with Gasteiger partial charge in [0.15, 0.2) is 0 Å². The largest absolute Gasteiger partial charge is 0.358 e. The Morgan fingerprint density at radius 3 is 2.27 bits per heavy atom. The molecule has 0 radical (unpaired) electrons. The molecule has 11 heavy (non-hydrogen) atoms. The fourth-order valence-electron chi connectivity index (χ4n) is 1.25. The third kappa shape index (κ3) is 1.89. The second-order valence-electron chi connectivity index (χ2n) is 3.86. The van der Waals surface area contributed by atoms with Crippen molar-refractivity contribution in [1.82, 2.24) is 0 Å². The summed E-state index contributed by atoms with van der Waals surface area (Å²) in [5, 5.41) is 0. The molecule has 1 saturated heterocycles. The molecule has 0 aromatic rings. The molecule has 0 aliphatic carbocycles. The minimum Gasteiger partial charge on any atom is -0.314 e. The summed E-state index contributed by atoms with van der Waals surface area (Å²) in [6.45, 7) is 4.93. The van der Waals surface area contributed by atoms with Crippen LogP contribution in [-0.4, -0.2) is 11.7 Å². The number of hydrogen-bond donors (Lipinski definition) is 0. The van der Waals surface area contributed by atoms with Crippen LogP contribution in [0.15, 0.2) is 0 Å². The van der Waals surface area contributed by atoms with Gasteiger partial charge in [0.25, 0.3) is 0 Å². The quantitative estimate of drug-likeness (QED) is 0.535. The van der Waals surface area contributed by atoms with Crippen LogP contribution in [0, 0.1) is 5.92 Å². The molecule has 3 heteroatoms. The molecule has 66 valence electrons. The lowest BCUT2D eigenvalue weighted by molar-refractivity contribution is -0.334. The topological polar surface area (TPSA) is 9.23 Å². The Balaban J connectivity index is 2.67. The van der Waals surface area contributed by atoms with Crippen molar-refractivity contribution in [1.29, 1.82) is 0 Å². The summed E-state index contributed by atoms with van der Waals surface area (Å²) in [4.78, 5) is 0. The Bertz CT molecular complexity index is 154. The standard InChI is InChI=1S/C8H14F2O/c1-6-4-5-7(2,3)11-8(6,9)10/h6H,4-5H2,1-3H3. The van der Waals surface area contributed by atoms with E-state index in [0.717, 1.165) is 0 Å². The fourth-order valence-corrected chi connectivity index (χ4v) is 1.25. The summed E-state index contributed by atoms with van der Waals surface area (Å²) in [6.07, 6.45) is -1.68. The van der Waals surface area contributed by atoms with Gasteiger partial charge in [0.05, 0.1) is 5.60 Å². The molecule has 1 atom stereocenters. The molecule has 0 bridgehead atoms. The van der Waals surface area contributed by atoms with Gasteiger partial charge < -0.3 is 4.74 Å². The molecule has 1 rings (SSSR count). The van der Waals surface area contributed by atoms with Crippen LogP contribution >= 0.6 is 0 Å². The van der Waals surface area contributed by atoms with E-state index in [1.807, 2.05) is 0 Å². The van der Waals surface area contributed by atoms with Gasteiger partial charge in [0, 0.05) is 5.92 Å². The number of ether oxygens (including phenoxy) is 1. The first kappa shape index (κ1) is 8.91. The van der Waals surface area contributed by atoms with Crippen LogP contribution in [0.5, 0.6) is 0 Å². The average molecular weight is 164 g/mol. The van der Waals surface area contributed by atoms with Crippen LogP contribution in [0.4, 0.5) is 8.78 Å². The van der Waals surface area contributed by atoms with Gasteiger partial charge in [0.2, 0.25) is 0 Å². The van der Waals surface area contributed by atoms with Crippen molar-refractivity contribution in [3.8, 4) is 0 Å². The monoisotopic (exact) mass is 164 g/mol. The zero-order chi connectivity index (χ0) is 8.70. The Kier molecular flexibility index (Phi) is 1.95. The average Bonchev–Trinajstić information content (AvgIpc) is 1.77. The van der Waals surface area contributed by atoms with E-state index in [0.29, 0.717) is 12.8 Å². The van der Waals surface area contributed by atoms with E-state index in [-0.39, 0.29) is 0 Å². The SMILES string of the molecule is CC1CCC(C)(C)OC1(F)F. The summed E-state index contributed by atoms with van der Waals surface area (Å²) in [6, 6.07) is 0. The third-order valence-electron chi connectivity index (χ3n) is 2.17. The van der Waals surface area contributed by atoms with Gasteiger partial charge in [-0.1, -0.05) is 6.92 Å². The van der Waals surface area contributed by atoms with Gasteiger partial charge in [-0.25, -0.2) is 0 Å². The predicted octanol–water partition coefficient (Wildman–Crippen LogP) is 2.80. The Hall–Kier alpha value is -0.180. The van der Waals surface area contributed by atoms with Gasteiger partial charge in [-0.3, -0.25) is 0 Å². The maximum atomic E-state index is 12.9. The lowest BCUT2D eigenvalue weighted by atomic mass is 9.91. The van der Waals surface area contributed by atoms with Crippen molar-refractivity contribution >= 4 is 0 Å². The van der Waals surface area contributed by atoms with E-state index in [4.69, 9.17) is 0 Å². The van der Waals surface area contributed by atoms with Crippen LogP contribution in [0.2, 0.25) is 0 Å². The first-order valence-corrected chi connectivity index (χ1v) is 3.91. The second-order valence-corrected chi connectivity index (χ2v) is 3.86. The Morgan fingerprint density at radius 1 is 1.36 bits per heavy atom. The Labute approximate surface area is 65.7 Å². The molecule has 0 aromatic carbocycles. The Morgan fingerprint density at radius 2 is 1.91 bits per heavy atom. The summed E-state index contributed by atoms with van der Waals surface area (Å²) in [5.41, 5.74) is -0.657. The smallest absolute Gasteiger partial charge is 0.314 e. The van der Waals surface area contributed by atoms with Gasteiger partial charge in [-0.15, -0.1) is 0 Å². The summed E-state index contributed by atoms with van der Waals surface area (Å²) < 4.78 is 30.4. The highest BCUT2D eigenvalue weighted by molar-refractivity contribution is 4.81. The summed E-state index contributed by atoms with van der Waals surface area (Å²) in [5.74, 6) is -0.643.